The highest BCUT2D eigenvalue weighted by atomic mass is 19.1. The summed E-state index contributed by atoms with van der Waals surface area (Å²) in [4.78, 5) is 22.3. The molecule has 3 aromatic heterocycles. The van der Waals surface area contributed by atoms with Gasteiger partial charge in [-0.15, -0.1) is 4.80 Å². The zero-order valence-corrected chi connectivity index (χ0v) is 15.5. The minimum Gasteiger partial charge on any atom is -0.477 e. The molecule has 0 aromatic carbocycles. The van der Waals surface area contributed by atoms with E-state index in [1.807, 2.05) is 0 Å². The molecule has 3 N–H and O–H groups in total. The normalized spacial score (nSPS) is 18.5. The molecule has 1 amide bonds. The molecular weight excluding hydrogens is 377 g/mol. The fourth-order valence-electron chi connectivity index (χ4n) is 3.44. The van der Waals surface area contributed by atoms with Crippen LogP contribution in [-0.2, 0) is 0 Å². The number of pyridine rings is 2. The van der Waals surface area contributed by atoms with Crippen LogP contribution >= 0.6 is 0 Å². The first-order valence-electron chi connectivity index (χ1n) is 9.28. The van der Waals surface area contributed by atoms with Crippen LogP contribution in [0.15, 0.2) is 42.9 Å². The van der Waals surface area contributed by atoms with E-state index in [0.717, 1.165) is 25.5 Å². The maximum absolute atomic E-state index is 13.0. The van der Waals surface area contributed by atoms with Gasteiger partial charge in [-0.25, -0.2) is 14.4 Å². The molecule has 10 heteroatoms. The summed E-state index contributed by atoms with van der Waals surface area (Å²) in [7, 11) is 0. The molecule has 0 radical (unpaired) electrons. The van der Waals surface area contributed by atoms with Crippen LogP contribution in [0, 0.1) is 11.7 Å². The summed E-state index contributed by atoms with van der Waals surface area (Å²) in [6.07, 6.45) is 6.85. The predicted octanol–water partition coefficient (Wildman–Crippen LogP) is 1.76. The number of nitrogen functional groups attached to an aromatic ring is 1. The van der Waals surface area contributed by atoms with Gasteiger partial charge in [-0.05, 0) is 31.0 Å². The van der Waals surface area contributed by atoms with Gasteiger partial charge in [-0.2, -0.15) is 10.2 Å². The molecule has 3 aromatic rings. The Bertz CT molecular complexity index is 979. The number of carbonyl (C=O) groups excluding carboxylic acids is 1. The number of carbonyl (C=O) groups is 1. The third-order valence-electron chi connectivity index (χ3n) is 4.87. The first-order valence-corrected chi connectivity index (χ1v) is 9.28. The summed E-state index contributed by atoms with van der Waals surface area (Å²) in [5.41, 5.74) is 6.39. The maximum Gasteiger partial charge on any atom is 0.272 e. The highest BCUT2D eigenvalue weighted by Crippen LogP contribution is 2.27. The van der Waals surface area contributed by atoms with Crippen molar-refractivity contribution >= 4 is 11.7 Å². The van der Waals surface area contributed by atoms with E-state index in [1.165, 1.54) is 29.3 Å². The van der Waals surface area contributed by atoms with Gasteiger partial charge in [0, 0.05) is 18.0 Å². The Balaban J connectivity index is 1.45. The molecule has 0 spiro atoms. The highest BCUT2D eigenvalue weighted by Gasteiger charge is 2.30. The molecule has 0 unspecified atom stereocenters. The minimum atomic E-state index is -0.416. The van der Waals surface area contributed by atoms with Crippen molar-refractivity contribution in [1.29, 1.82) is 0 Å². The van der Waals surface area contributed by atoms with Gasteiger partial charge in [0.05, 0.1) is 25.2 Å². The highest BCUT2D eigenvalue weighted by molar-refractivity contribution is 5.96. The second-order valence-corrected chi connectivity index (χ2v) is 6.82. The van der Waals surface area contributed by atoms with Crippen LogP contribution in [0.25, 0.3) is 5.69 Å². The monoisotopic (exact) mass is 397 g/mol. The summed E-state index contributed by atoms with van der Waals surface area (Å²) in [6, 6.07) is 5.96. The van der Waals surface area contributed by atoms with Crippen molar-refractivity contribution in [2.45, 2.75) is 25.3 Å². The predicted molar refractivity (Wildman–Crippen MR) is 102 cm³/mol. The number of ether oxygens (including phenoxy) is 1. The number of nitrogens with one attached hydrogen (secondary N) is 1. The number of anilines is 1. The Morgan fingerprint density at radius 2 is 2.07 bits per heavy atom. The van der Waals surface area contributed by atoms with Crippen molar-refractivity contribution in [3.05, 3.63) is 54.4 Å². The third-order valence-corrected chi connectivity index (χ3v) is 4.87. The topological polar surface area (TPSA) is 121 Å². The van der Waals surface area contributed by atoms with E-state index in [1.54, 1.807) is 12.1 Å². The molecule has 1 aliphatic rings. The fourth-order valence-corrected chi connectivity index (χ4v) is 3.44. The lowest BCUT2D eigenvalue weighted by Gasteiger charge is -2.21. The number of nitrogens with two attached hydrogens (primary N) is 1. The van der Waals surface area contributed by atoms with Crippen molar-refractivity contribution < 1.29 is 13.9 Å². The molecule has 1 fully saturated rings. The largest absolute Gasteiger partial charge is 0.477 e. The van der Waals surface area contributed by atoms with Crippen LogP contribution in [0.5, 0.6) is 5.88 Å². The van der Waals surface area contributed by atoms with E-state index in [4.69, 9.17) is 10.5 Å². The van der Waals surface area contributed by atoms with Crippen LogP contribution in [0.2, 0.25) is 0 Å². The number of amides is 1. The van der Waals surface area contributed by atoms with E-state index < -0.39 is 5.82 Å². The smallest absolute Gasteiger partial charge is 0.272 e. The molecule has 1 aliphatic carbocycles. The lowest BCUT2D eigenvalue weighted by molar-refractivity contribution is 0.0913. The van der Waals surface area contributed by atoms with E-state index in [0.29, 0.717) is 18.2 Å². The standard InChI is InChI=1S/C19H20FN7O2/c20-13-4-7-17(22-10-13)29-11-12-2-1-3-14(12)25-19(28)18-15(5-6-16(21)26-18)27-23-8-9-24-27/h4-10,12,14H,1-3,11H2,(H2,21,26)(H,25,28)/t12-,14+/m1/s1. The molecule has 0 bridgehead atoms. The summed E-state index contributed by atoms with van der Waals surface area (Å²) in [5, 5.41) is 11.2. The van der Waals surface area contributed by atoms with E-state index >= 15 is 0 Å². The zero-order chi connectivity index (χ0) is 20.2. The van der Waals surface area contributed by atoms with Crippen LogP contribution in [0.3, 0.4) is 0 Å². The van der Waals surface area contributed by atoms with Crippen LogP contribution in [0.1, 0.15) is 29.8 Å². The Morgan fingerprint density at radius 3 is 2.83 bits per heavy atom. The maximum atomic E-state index is 13.0. The molecule has 9 nitrogen and oxygen atoms in total. The quantitative estimate of drug-likeness (QED) is 0.650. The molecular formula is C19H20FN7O2. The number of rotatable bonds is 6. The van der Waals surface area contributed by atoms with Crippen LogP contribution < -0.4 is 15.8 Å². The zero-order valence-electron chi connectivity index (χ0n) is 15.5. The number of hydrogen-bond donors (Lipinski definition) is 2. The molecule has 2 atom stereocenters. The molecule has 0 saturated heterocycles. The summed E-state index contributed by atoms with van der Waals surface area (Å²) < 4.78 is 18.6. The van der Waals surface area contributed by atoms with E-state index in [-0.39, 0.29) is 29.4 Å². The molecule has 150 valence electrons. The van der Waals surface area contributed by atoms with Gasteiger partial charge in [0.1, 0.15) is 17.3 Å². The van der Waals surface area contributed by atoms with Gasteiger partial charge >= 0.3 is 0 Å². The summed E-state index contributed by atoms with van der Waals surface area (Å²) in [5.74, 6) is -0.0623. The molecule has 29 heavy (non-hydrogen) atoms. The second-order valence-electron chi connectivity index (χ2n) is 6.82. The molecule has 4 rings (SSSR count). The number of nitrogens with zero attached hydrogens (tertiary/aromatic N) is 5. The van der Waals surface area contributed by atoms with Gasteiger partial charge in [0.15, 0.2) is 5.69 Å². The summed E-state index contributed by atoms with van der Waals surface area (Å²) in [6.45, 7) is 0.376. The van der Waals surface area contributed by atoms with Gasteiger partial charge in [-0.3, -0.25) is 4.79 Å². The SMILES string of the molecule is Nc1ccc(-n2nccn2)c(C(=O)N[C@H]2CCC[C@@H]2COc2ccc(F)cn2)n1. The minimum absolute atomic E-state index is 0.0791. The van der Waals surface area contributed by atoms with Crippen molar-refractivity contribution in [2.24, 2.45) is 5.92 Å². The molecule has 1 saturated carbocycles. The van der Waals surface area contributed by atoms with Gasteiger partial charge in [-0.1, -0.05) is 6.42 Å². The number of hydrogen-bond acceptors (Lipinski definition) is 7. The first-order chi connectivity index (χ1) is 14.1. The Labute approximate surface area is 166 Å². The Morgan fingerprint density at radius 1 is 1.24 bits per heavy atom. The van der Waals surface area contributed by atoms with Crippen molar-refractivity contribution in [1.82, 2.24) is 30.3 Å². The average Bonchev–Trinajstić information content (AvgIpc) is 3.40. The van der Waals surface area contributed by atoms with Gasteiger partial charge < -0.3 is 15.8 Å². The number of aromatic nitrogens is 5. The van der Waals surface area contributed by atoms with Crippen LogP contribution in [-0.4, -0.2) is 43.5 Å². The average molecular weight is 397 g/mol. The molecule has 3 heterocycles. The van der Waals surface area contributed by atoms with Crippen molar-refractivity contribution in [3.8, 4) is 11.6 Å². The van der Waals surface area contributed by atoms with E-state index in [9.17, 15) is 9.18 Å². The van der Waals surface area contributed by atoms with Gasteiger partial charge in [0.25, 0.3) is 5.91 Å². The van der Waals surface area contributed by atoms with Crippen LogP contribution in [0.4, 0.5) is 10.2 Å². The summed E-state index contributed by atoms with van der Waals surface area (Å²) >= 11 is 0. The lowest BCUT2D eigenvalue weighted by atomic mass is 10.0. The van der Waals surface area contributed by atoms with Crippen molar-refractivity contribution in [3.63, 3.8) is 0 Å². The Hall–Kier alpha value is -3.56. The fraction of sp³-hybridized carbons (Fsp3) is 0.316. The first kappa shape index (κ1) is 18.8. The van der Waals surface area contributed by atoms with E-state index in [2.05, 4.69) is 25.5 Å². The van der Waals surface area contributed by atoms with Crippen molar-refractivity contribution in [2.75, 3.05) is 12.3 Å². The second kappa shape index (κ2) is 8.21. The third kappa shape index (κ3) is 4.31. The van der Waals surface area contributed by atoms with Gasteiger partial charge in [0.2, 0.25) is 5.88 Å². The molecule has 0 aliphatic heterocycles. The lowest BCUT2D eigenvalue weighted by Crippen LogP contribution is -2.40. The Kier molecular flexibility index (Phi) is 5.32. The number of halogens is 1.